The maximum Gasteiger partial charge on any atom is 2.00 e. The fourth-order valence-electron chi connectivity index (χ4n) is 0. The second-order valence-corrected chi connectivity index (χ2v) is 0.171. The van der Waals surface area contributed by atoms with Crippen LogP contribution in [0.4, 0.5) is 0 Å². The number of hydrogen-bond acceptors (Lipinski definition) is 5. The summed E-state index contributed by atoms with van der Waals surface area (Å²) in [6.45, 7) is -0.500. The van der Waals surface area contributed by atoms with Gasteiger partial charge in [0, 0.05) is 6.47 Å². The molecular weight excluding hydrogens is 153 g/mol. The second kappa shape index (κ2) is 42.2. The smallest absolute Gasteiger partial charge is 0.554 e. The van der Waals surface area contributed by atoms with Crippen molar-refractivity contribution in [3.63, 3.8) is 0 Å². The molecule has 36 valence electrons. The summed E-state index contributed by atoms with van der Waals surface area (Å²) >= 11 is 0. The van der Waals surface area contributed by atoms with Crippen LogP contribution in [0.1, 0.15) is 0 Å². The largest absolute Gasteiger partial charge is 2.00 e. The fourth-order valence-corrected chi connectivity index (χ4v) is 0. The van der Waals surface area contributed by atoms with E-state index in [-0.39, 0.29) is 67.3 Å². The van der Waals surface area contributed by atoms with E-state index in [1.807, 2.05) is 0 Å². The first-order valence-corrected chi connectivity index (χ1v) is 0.837. The zero-order chi connectivity index (χ0) is 5.41. The van der Waals surface area contributed by atoms with Gasteiger partial charge in [-0.15, -0.1) is 5.34 Å². The van der Waals surface area contributed by atoms with Crippen molar-refractivity contribution in [2.24, 2.45) is 5.34 Å². The van der Waals surface area contributed by atoms with E-state index in [0.29, 0.717) is 0 Å². The Morgan fingerprint density at radius 1 is 1.50 bits per heavy atom. The molecule has 0 radical (unpaired) electrons. The molecule has 0 amide bonds. The van der Waals surface area contributed by atoms with Crippen molar-refractivity contribution in [3.05, 3.63) is 10.1 Å². The summed E-state index contributed by atoms with van der Waals surface area (Å²) in [5.74, 6) is 0. The monoisotopic (exact) mass is 154 g/mol. The standard InChI is InChI=1S/CH2O2.Ca.HNO2.Na/c2-1-3;;2-1-3;/h1H,(H,2,3);;(H,2,3);/q;+2;;+1/p-2. The van der Waals surface area contributed by atoms with Crippen molar-refractivity contribution in [2.45, 2.75) is 0 Å². The topological polar surface area (TPSA) is 92.6 Å². The molecule has 0 fully saturated rings. The van der Waals surface area contributed by atoms with Crippen LogP contribution >= 0.6 is 0 Å². The third-order valence-corrected chi connectivity index (χ3v) is 0. The van der Waals surface area contributed by atoms with Crippen LogP contribution in [-0.2, 0) is 4.79 Å². The van der Waals surface area contributed by atoms with Gasteiger partial charge in [-0.2, -0.15) is 0 Å². The van der Waals surface area contributed by atoms with E-state index >= 15 is 0 Å². The zero-order valence-electron chi connectivity index (χ0n) is 4.36. The Balaban J connectivity index is -0.0000000160. The molecule has 0 bridgehead atoms. The van der Waals surface area contributed by atoms with E-state index in [4.69, 9.17) is 20.0 Å². The van der Waals surface area contributed by atoms with E-state index in [2.05, 4.69) is 0 Å². The summed E-state index contributed by atoms with van der Waals surface area (Å²) in [6.07, 6.45) is 0. The molecule has 0 saturated carbocycles. The fraction of sp³-hybridized carbons (Fsp3) is 0. The summed E-state index contributed by atoms with van der Waals surface area (Å²) in [4.78, 5) is 16.2. The van der Waals surface area contributed by atoms with Gasteiger partial charge in [0.25, 0.3) is 0 Å². The van der Waals surface area contributed by atoms with Gasteiger partial charge in [0.05, 0.1) is 0 Å². The van der Waals surface area contributed by atoms with E-state index in [1.165, 1.54) is 0 Å². The van der Waals surface area contributed by atoms with Crippen LogP contribution in [0.5, 0.6) is 0 Å². The molecular formula is CHCaNNaO4+. The summed E-state index contributed by atoms with van der Waals surface area (Å²) < 4.78 is 0. The molecule has 0 aromatic rings. The van der Waals surface area contributed by atoms with Crippen molar-refractivity contribution in [3.8, 4) is 0 Å². The Labute approximate surface area is 97.7 Å². The van der Waals surface area contributed by atoms with Crippen molar-refractivity contribution in [2.75, 3.05) is 0 Å². The van der Waals surface area contributed by atoms with Crippen LogP contribution in [0.15, 0.2) is 5.34 Å². The van der Waals surface area contributed by atoms with Crippen LogP contribution < -0.4 is 34.7 Å². The molecule has 0 aliphatic heterocycles. The van der Waals surface area contributed by atoms with Gasteiger partial charge in [0.2, 0.25) is 0 Å². The molecule has 8 heavy (non-hydrogen) atoms. The third kappa shape index (κ3) is 210. The molecule has 0 spiro atoms. The van der Waals surface area contributed by atoms with Crippen LogP contribution in [0.2, 0.25) is 0 Å². The molecule has 0 aliphatic carbocycles. The van der Waals surface area contributed by atoms with E-state index in [9.17, 15) is 0 Å². The van der Waals surface area contributed by atoms with Gasteiger partial charge in [-0.05, 0) is 0 Å². The van der Waals surface area contributed by atoms with Crippen molar-refractivity contribution < 1.29 is 39.5 Å². The van der Waals surface area contributed by atoms with Gasteiger partial charge in [0.1, 0.15) is 0 Å². The van der Waals surface area contributed by atoms with Gasteiger partial charge in [-0.1, -0.05) is 0 Å². The summed E-state index contributed by atoms with van der Waals surface area (Å²) in [6, 6.07) is 0. The summed E-state index contributed by atoms with van der Waals surface area (Å²) in [7, 11) is 0. The van der Waals surface area contributed by atoms with E-state index < -0.39 is 6.47 Å². The molecule has 0 heterocycles. The number of carboxylic acid groups (broad SMARTS) is 1. The van der Waals surface area contributed by atoms with Crippen molar-refractivity contribution >= 4 is 44.2 Å². The first kappa shape index (κ1) is 22.9. The predicted octanol–water partition coefficient (Wildman–Crippen LogP) is -4.76. The SMILES string of the molecule is O=C[O-].O=N[O-].[Ca+2].[Na+]. The first-order chi connectivity index (χ1) is 2.83. The number of carbonyl (C=O) groups is 1. The molecule has 0 saturated heterocycles. The Hall–Kier alpha value is 1.13. The zero-order valence-corrected chi connectivity index (χ0v) is 8.57. The minimum atomic E-state index is -0.500. The Morgan fingerprint density at radius 3 is 1.50 bits per heavy atom. The molecule has 0 unspecified atom stereocenters. The van der Waals surface area contributed by atoms with E-state index in [1.54, 1.807) is 0 Å². The third-order valence-electron chi connectivity index (χ3n) is 0. The molecule has 5 nitrogen and oxygen atoms in total. The van der Waals surface area contributed by atoms with Crippen LogP contribution in [0.3, 0.4) is 0 Å². The maximum atomic E-state index is 8.25. The summed E-state index contributed by atoms with van der Waals surface area (Å²) in [5.41, 5.74) is 0. The molecule has 0 aliphatic rings. The van der Waals surface area contributed by atoms with Crippen LogP contribution in [0, 0.1) is 10.1 Å². The average molecular weight is 154 g/mol. The predicted molar refractivity (Wildman–Crippen MR) is 21.0 cm³/mol. The molecule has 0 N–H and O–H groups in total. The quantitative estimate of drug-likeness (QED) is 0.151. The van der Waals surface area contributed by atoms with Gasteiger partial charge in [-0.3, -0.25) is 0 Å². The first-order valence-electron chi connectivity index (χ1n) is 0.837. The minimum Gasteiger partial charge on any atom is -0.554 e. The Bertz CT molecular complexity index is 37.0. The number of nitrogens with zero attached hydrogens (tertiary/aromatic N) is 1. The number of hydrogen-bond donors (Lipinski definition) is 0. The molecule has 0 aromatic heterocycles. The number of carbonyl (C=O) groups excluding carboxylic acids is 1. The molecule has 7 heteroatoms. The number of rotatable bonds is 0. The Morgan fingerprint density at radius 2 is 1.50 bits per heavy atom. The molecule has 0 aromatic carbocycles. The van der Waals surface area contributed by atoms with Gasteiger partial charge in [0.15, 0.2) is 0 Å². The molecule has 0 rings (SSSR count). The van der Waals surface area contributed by atoms with Crippen molar-refractivity contribution in [1.82, 2.24) is 0 Å². The maximum absolute atomic E-state index is 8.25. The second-order valence-electron chi connectivity index (χ2n) is 0.171. The Kier molecular flexibility index (Phi) is 121. The normalized spacial score (nSPS) is 3.00. The van der Waals surface area contributed by atoms with Gasteiger partial charge < -0.3 is 20.0 Å². The van der Waals surface area contributed by atoms with E-state index in [0.717, 1.165) is 5.34 Å². The average Bonchev–Trinajstić information content (AvgIpc) is 1.39. The van der Waals surface area contributed by atoms with Crippen molar-refractivity contribution in [1.29, 1.82) is 0 Å². The minimum absolute atomic E-state index is 0. The molecule has 0 atom stereocenters. The van der Waals surface area contributed by atoms with Gasteiger partial charge >= 0.3 is 67.3 Å². The van der Waals surface area contributed by atoms with Gasteiger partial charge in [-0.25, -0.2) is 0 Å². The summed E-state index contributed by atoms with van der Waals surface area (Å²) in [5, 5.41) is 17.2. The van der Waals surface area contributed by atoms with Crippen LogP contribution in [0.25, 0.3) is 0 Å². The van der Waals surface area contributed by atoms with Crippen LogP contribution in [-0.4, -0.2) is 44.2 Å².